The van der Waals surface area contributed by atoms with Crippen LogP contribution in [0.15, 0.2) is 58.8 Å². The second-order valence-electron chi connectivity index (χ2n) is 6.54. The minimum absolute atomic E-state index is 0.0322. The zero-order valence-electron chi connectivity index (χ0n) is 14.0. The van der Waals surface area contributed by atoms with E-state index in [4.69, 9.17) is 4.98 Å². The van der Waals surface area contributed by atoms with Crippen molar-refractivity contribution in [3.05, 3.63) is 54.5 Å². The third-order valence-corrected chi connectivity index (χ3v) is 4.77. The van der Waals surface area contributed by atoms with Gasteiger partial charge in [-0.05, 0) is 49.4 Å². The largest absolute Gasteiger partial charge is 0.283 e. The highest BCUT2D eigenvalue weighted by atomic mass is 19.1. The molecule has 2 aromatic heterocycles. The molecule has 0 spiro atoms. The number of rotatable bonds is 2. The molecule has 6 nitrogen and oxygen atoms in total. The number of fused-ring (bicyclic) bond motifs is 2. The Morgan fingerprint density at radius 1 is 1.19 bits per heavy atom. The van der Waals surface area contributed by atoms with E-state index in [-0.39, 0.29) is 11.7 Å². The Morgan fingerprint density at radius 3 is 2.88 bits per heavy atom. The molecule has 0 aliphatic carbocycles. The smallest absolute Gasteiger partial charge is 0.164 e. The van der Waals surface area contributed by atoms with Gasteiger partial charge >= 0.3 is 0 Å². The van der Waals surface area contributed by atoms with Crippen molar-refractivity contribution in [2.75, 3.05) is 0 Å². The number of halogens is 1. The molecule has 2 atom stereocenters. The minimum Gasteiger partial charge on any atom is -0.283 e. The van der Waals surface area contributed by atoms with Crippen molar-refractivity contribution in [3.63, 3.8) is 0 Å². The molecule has 2 unspecified atom stereocenters. The lowest BCUT2D eigenvalue weighted by molar-refractivity contribution is 0.373. The maximum absolute atomic E-state index is 13.4. The van der Waals surface area contributed by atoms with E-state index >= 15 is 0 Å². The lowest BCUT2D eigenvalue weighted by Crippen LogP contribution is -2.41. The first-order valence-electron chi connectivity index (χ1n) is 8.31. The minimum atomic E-state index is -0.455. The molecule has 4 heterocycles. The summed E-state index contributed by atoms with van der Waals surface area (Å²) < 4.78 is 15.3. The fraction of sp³-hybridized carbons (Fsp3) is 0.158. The van der Waals surface area contributed by atoms with Crippen molar-refractivity contribution >= 4 is 29.3 Å². The summed E-state index contributed by atoms with van der Waals surface area (Å²) in [6.45, 7) is 2.00. The second-order valence-corrected chi connectivity index (χ2v) is 6.54. The zero-order chi connectivity index (χ0) is 17.7. The lowest BCUT2D eigenvalue weighted by atomic mass is 9.94. The summed E-state index contributed by atoms with van der Waals surface area (Å²) in [5.41, 5.74) is 5.76. The average molecular weight is 346 g/mol. The molecular weight excluding hydrogens is 331 g/mol. The fourth-order valence-electron chi connectivity index (χ4n) is 3.30. The van der Waals surface area contributed by atoms with Crippen molar-refractivity contribution in [1.29, 1.82) is 0 Å². The molecule has 7 heteroatoms. The van der Waals surface area contributed by atoms with Crippen molar-refractivity contribution < 1.29 is 4.39 Å². The van der Waals surface area contributed by atoms with Gasteiger partial charge in [-0.3, -0.25) is 15.0 Å². The number of aliphatic imine (C=N–C) groups is 1. The van der Waals surface area contributed by atoms with E-state index in [1.807, 2.05) is 29.8 Å². The summed E-state index contributed by atoms with van der Waals surface area (Å²) in [5, 5.41) is 4.15. The van der Waals surface area contributed by atoms with Crippen molar-refractivity contribution in [2.24, 2.45) is 16.0 Å². The maximum atomic E-state index is 13.4. The highest BCUT2D eigenvalue weighted by molar-refractivity contribution is 6.07. The molecule has 3 aromatic rings. The standard InChI is InChI=1S/C19H15FN6/c1-19-13(10-23-25-19)9-15(11-22-19)26-17(12-4-6-14(20)7-5-12)24-16-3-2-8-21-18(16)26/h2-11,13,25H,1H3. The van der Waals surface area contributed by atoms with E-state index < -0.39 is 5.66 Å². The van der Waals surface area contributed by atoms with E-state index in [0.717, 1.165) is 22.4 Å². The molecule has 128 valence electrons. The maximum Gasteiger partial charge on any atom is 0.164 e. The number of dihydropyridines is 1. The Morgan fingerprint density at radius 2 is 2.04 bits per heavy atom. The van der Waals surface area contributed by atoms with Crippen LogP contribution in [0.1, 0.15) is 6.92 Å². The Hall–Kier alpha value is -3.35. The molecule has 2 aliphatic rings. The van der Waals surface area contributed by atoms with Crippen LogP contribution in [0.4, 0.5) is 4.39 Å². The number of hydrazone groups is 1. The first-order valence-corrected chi connectivity index (χ1v) is 8.31. The van der Waals surface area contributed by atoms with E-state index in [9.17, 15) is 4.39 Å². The third-order valence-electron chi connectivity index (χ3n) is 4.77. The highest BCUT2D eigenvalue weighted by Gasteiger charge is 2.37. The van der Waals surface area contributed by atoms with Gasteiger partial charge in [0.25, 0.3) is 0 Å². The molecule has 0 saturated heterocycles. The van der Waals surface area contributed by atoms with Crippen LogP contribution in [0.25, 0.3) is 28.2 Å². The van der Waals surface area contributed by atoms with Crippen LogP contribution in [0.2, 0.25) is 0 Å². The topological polar surface area (TPSA) is 67.5 Å². The summed E-state index contributed by atoms with van der Waals surface area (Å²) in [6.07, 6.45) is 7.49. The molecule has 1 aromatic carbocycles. The molecule has 0 fully saturated rings. The van der Waals surface area contributed by atoms with Crippen LogP contribution in [-0.2, 0) is 0 Å². The summed E-state index contributed by atoms with van der Waals surface area (Å²) in [7, 11) is 0. The first kappa shape index (κ1) is 14.9. The monoisotopic (exact) mass is 346 g/mol. The molecular formula is C19H15FN6. The van der Waals surface area contributed by atoms with Crippen LogP contribution >= 0.6 is 0 Å². The zero-order valence-corrected chi connectivity index (χ0v) is 14.0. The van der Waals surface area contributed by atoms with Gasteiger partial charge in [-0.1, -0.05) is 0 Å². The van der Waals surface area contributed by atoms with Crippen molar-refractivity contribution in [1.82, 2.24) is 20.0 Å². The SMILES string of the molecule is CC12N=CC(n3c(-c4ccc(F)cc4)nc4cccnc43)=CC1C=NN2. The number of nitrogens with zero attached hydrogens (tertiary/aromatic N) is 5. The Labute approximate surface area is 148 Å². The number of imidazole rings is 1. The van der Waals surface area contributed by atoms with Gasteiger partial charge in [-0.25, -0.2) is 14.4 Å². The first-order chi connectivity index (χ1) is 12.6. The van der Waals surface area contributed by atoms with Gasteiger partial charge < -0.3 is 0 Å². The van der Waals surface area contributed by atoms with Crippen molar-refractivity contribution in [3.8, 4) is 11.4 Å². The Balaban J connectivity index is 1.73. The molecule has 0 saturated carbocycles. The molecule has 5 rings (SSSR count). The second kappa shape index (κ2) is 5.32. The van der Waals surface area contributed by atoms with Gasteiger partial charge in [-0.15, -0.1) is 0 Å². The number of nitrogens with one attached hydrogen (secondary N) is 1. The van der Waals surface area contributed by atoms with Crippen LogP contribution in [0.3, 0.4) is 0 Å². The van der Waals surface area contributed by atoms with Gasteiger partial charge in [0.05, 0.1) is 11.6 Å². The normalized spacial score (nSPS) is 23.8. The highest BCUT2D eigenvalue weighted by Crippen LogP contribution is 2.32. The van der Waals surface area contributed by atoms with Crippen LogP contribution < -0.4 is 5.43 Å². The van der Waals surface area contributed by atoms with Crippen LogP contribution in [-0.4, -0.2) is 32.6 Å². The predicted octanol–water partition coefficient (Wildman–Crippen LogP) is 3.08. The van der Waals surface area contributed by atoms with Gasteiger partial charge in [0.1, 0.15) is 17.2 Å². The van der Waals surface area contributed by atoms with Crippen molar-refractivity contribution in [2.45, 2.75) is 12.6 Å². The summed E-state index contributed by atoms with van der Waals surface area (Å²) in [5.74, 6) is 0.449. The summed E-state index contributed by atoms with van der Waals surface area (Å²) in [6, 6.07) is 10.1. The van der Waals surface area contributed by atoms with E-state index in [2.05, 4.69) is 26.6 Å². The van der Waals surface area contributed by atoms with E-state index in [0.29, 0.717) is 5.82 Å². The molecule has 1 N–H and O–H groups in total. The number of aromatic nitrogens is 3. The number of benzene rings is 1. The predicted molar refractivity (Wildman–Crippen MR) is 99.2 cm³/mol. The van der Waals surface area contributed by atoms with Crippen LogP contribution in [0.5, 0.6) is 0 Å². The number of hydrogen-bond acceptors (Lipinski definition) is 5. The third kappa shape index (κ3) is 2.17. The Bertz CT molecular complexity index is 1090. The van der Waals surface area contributed by atoms with E-state index in [1.54, 1.807) is 24.5 Å². The van der Waals surface area contributed by atoms with Gasteiger partial charge in [0, 0.05) is 24.2 Å². The molecule has 0 bridgehead atoms. The quantitative estimate of drug-likeness (QED) is 0.775. The number of hydrogen-bond donors (Lipinski definition) is 1. The molecule has 26 heavy (non-hydrogen) atoms. The fourth-order valence-corrected chi connectivity index (χ4v) is 3.30. The van der Waals surface area contributed by atoms with Crippen LogP contribution in [0, 0.1) is 11.7 Å². The average Bonchev–Trinajstić information content (AvgIpc) is 3.22. The van der Waals surface area contributed by atoms with Gasteiger partial charge in [0.15, 0.2) is 11.3 Å². The lowest BCUT2D eigenvalue weighted by Gasteiger charge is -2.28. The summed E-state index contributed by atoms with van der Waals surface area (Å²) >= 11 is 0. The molecule has 0 radical (unpaired) electrons. The van der Waals surface area contributed by atoms with Gasteiger partial charge in [0.2, 0.25) is 0 Å². The Kier molecular flexibility index (Phi) is 3.06. The van der Waals surface area contributed by atoms with E-state index in [1.165, 1.54) is 12.1 Å². The van der Waals surface area contributed by atoms with Gasteiger partial charge in [-0.2, -0.15) is 5.10 Å². The summed E-state index contributed by atoms with van der Waals surface area (Å²) in [4.78, 5) is 13.9. The number of pyridine rings is 1. The molecule has 0 amide bonds. The number of allylic oxidation sites excluding steroid dienone is 1. The molecule has 2 aliphatic heterocycles.